The standard InChI is InChI=1S/C30H39N9O3/c1-6-30(9-10-30)18-42-28-36-25(26(40)33-17-29(2,3)4)35-27(37-28)39-11-7-20(8-12-39)16-41-23-13-21(14-32-24(23)31)22-15-38(5)19-34-22/h1,13-15,19-20H,7-12,16-18H2,2-5H3,(H2,31,32)(H,33,40). The fourth-order valence-electron chi connectivity index (χ4n) is 4.54. The quantitative estimate of drug-likeness (QED) is 0.347. The molecule has 12 heteroatoms. The highest BCUT2D eigenvalue weighted by Crippen LogP contribution is 2.44. The normalized spacial score (nSPS) is 16.5. The number of carbonyl (C=O) groups excluding carboxylic acids is 1. The van der Waals surface area contributed by atoms with Crippen molar-refractivity contribution in [3.05, 3.63) is 30.6 Å². The predicted molar refractivity (Wildman–Crippen MR) is 159 cm³/mol. The van der Waals surface area contributed by atoms with Gasteiger partial charge in [0.25, 0.3) is 5.91 Å². The number of aromatic nitrogens is 6. The van der Waals surface area contributed by atoms with Gasteiger partial charge in [-0.05, 0) is 43.1 Å². The highest BCUT2D eigenvalue weighted by atomic mass is 16.5. The van der Waals surface area contributed by atoms with Gasteiger partial charge in [-0.1, -0.05) is 26.7 Å². The summed E-state index contributed by atoms with van der Waals surface area (Å²) in [5.41, 5.74) is 7.40. The number of aryl methyl sites for hydroxylation is 1. The molecule has 5 rings (SSSR count). The molecule has 12 nitrogen and oxygen atoms in total. The third-order valence-electron chi connectivity index (χ3n) is 7.48. The molecule has 3 N–H and O–H groups in total. The summed E-state index contributed by atoms with van der Waals surface area (Å²) in [6.07, 6.45) is 14.5. The van der Waals surface area contributed by atoms with Crippen LogP contribution in [0.1, 0.15) is 57.1 Å². The van der Waals surface area contributed by atoms with Gasteiger partial charge in [0.1, 0.15) is 6.61 Å². The van der Waals surface area contributed by atoms with Crippen molar-refractivity contribution in [3.8, 4) is 35.4 Å². The molecular weight excluding hydrogens is 534 g/mol. The number of pyridine rings is 1. The van der Waals surface area contributed by atoms with Gasteiger partial charge in [0.2, 0.25) is 11.8 Å². The largest absolute Gasteiger partial charge is 0.489 e. The zero-order valence-corrected chi connectivity index (χ0v) is 24.8. The lowest BCUT2D eigenvalue weighted by atomic mass is 9.97. The van der Waals surface area contributed by atoms with Gasteiger partial charge in [0.05, 0.1) is 24.0 Å². The summed E-state index contributed by atoms with van der Waals surface area (Å²) in [7, 11) is 1.92. The maximum Gasteiger partial charge on any atom is 0.322 e. The summed E-state index contributed by atoms with van der Waals surface area (Å²) in [5, 5.41) is 2.92. The number of rotatable bonds is 10. The molecule has 0 atom stereocenters. The maximum atomic E-state index is 13.0. The molecule has 2 fully saturated rings. The van der Waals surface area contributed by atoms with Crippen molar-refractivity contribution in [2.45, 2.75) is 46.5 Å². The molecule has 1 aliphatic carbocycles. The van der Waals surface area contributed by atoms with E-state index < -0.39 is 0 Å². The molecule has 1 saturated heterocycles. The lowest BCUT2D eigenvalue weighted by molar-refractivity contribution is 0.0926. The minimum Gasteiger partial charge on any atom is -0.489 e. The average molecular weight is 574 g/mol. The highest BCUT2D eigenvalue weighted by Gasteiger charge is 2.42. The number of hydrogen-bond acceptors (Lipinski definition) is 10. The molecule has 3 aromatic heterocycles. The molecular formula is C30H39N9O3. The van der Waals surface area contributed by atoms with Gasteiger partial charge in [-0.25, -0.2) is 9.97 Å². The predicted octanol–water partition coefficient (Wildman–Crippen LogP) is 3.11. The number of ether oxygens (including phenoxy) is 2. The Hall–Kier alpha value is -4.40. The van der Waals surface area contributed by atoms with Crippen LogP contribution in [0.15, 0.2) is 24.8 Å². The number of nitrogen functional groups attached to an aromatic ring is 1. The number of amides is 1. The molecule has 1 saturated carbocycles. The first-order chi connectivity index (χ1) is 20.0. The summed E-state index contributed by atoms with van der Waals surface area (Å²) < 4.78 is 13.9. The van der Waals surface area contributed by atoms with Gasteiger partial charge in [-0.3, -0.25) is 4.79 Å². The molecule has 0 aromatic carbocycles. The Kier molecular flexibility index (Phi) is 8.20. The zero-order chi connectivity index (χ0) is 29.9. The number of piperidine rings is 1. The van der Waals surface area contributed by atoms with Gasteiger partial charge in [-0.15, -0.1) is 6.42 Å². The van der Waals surface area contributed by atoms with E-state index in [4.69, 9.17) is 21.6 Å². The number of nitrogens with zero attached hydrogens (tertiary/aromatic N) is 7. The Morgan fingerprint density at radius 3 is 2.60 bits per heavy atom. The van der Waals surface area contributed by atoms with E-state index in [1.54, 1.807) is 12.5 Å². The Morgan fingerprint density at radius 1 is 1.19 bits per heavy atom. The number of hydrogen-bond donors (Lipinski definition) is 2. The fraction of sp³-hybridized carbons (Fsp3) is 0.533. The van der Waals surface area contributed by atoms with E-state index in [0.717, 1.165) is 36.9 Å². The Balaban J connectivity index is 1.23. The van der Waals surface area contributed by atoms with Crippen molar-refractivity contribution >= 4 is 17.7 Å². The summed E-state index contributed by atoms with van der Waals surface area (Å²) in [6.45, 7) is 8.83. The molecule has 4 heterocycles. The van der Waals surface area contributed by atoms with Crippen LogP contribution in [0.25, 0.3) is 11.3 Å². The fourth-order valence-corrected chi connectivity index (χ4v) is 4.54. The maximum absolute atomic E-state index is 13.0. The van der Waals surface area contributed by atoms with Crippen molar-refractivity contribution in [3.63, 3.8) is 0 Å². The van der Waals surface area contributed by atoms with E-state index in [2.05, 4.69) is 41.1 Å². The Morgan fingerprint density at radius 2 is 1.95 bits per heavy atom. The van der Waals surface area contributed by atoms with Crippen molar-refractivity contribution in [2.24, 2.45) is 23.8 Å². The number of imidazole rings is 1. The molecule has 222 valence electrons. The molecule has 0 spiro atoms. The van der Waals surface area contributed by atoms with Crippen LogP contribution in [0.3, 0.4) is 0 Å². The molecule has 1 amide bonds. The lowest BCUT2D eigenvalue weighted by Gasteiger charge is -2.32. The third kappa shape index (κ3) is 7.26. The first-order valence-corrected chi connectivity index (χ1v) is 14.3. The van der Waals surface area contributed by atoms with Crippen molar-refractivity contribution in [2.75, 3.05) is 43.5 Å². The topological polar surface area (TPSA) is 146 Å². The van der Waals surface area contributed by atoms with Gasteiger partial charge in [0, 0.05) is 44.6 Å². The number of terminal acetylenes is 1. The van der Waals surface area contributed by atoms with E-state index >= 15 is 0 Å². The van der Waals surface area contributed by atoms with E-state index in [-0.39, 0.29) is 28.6 Å². The van der Waals surface area contributed by atoms with Gasteiger partial charge < -0.3 is 30.0 Å². The third-order valence-corrected chi connectivity index (χ3v) is 7.48. The van der Waals surface area contributed by atoms with Crippen LogP contribution >= 0.6 is 0 Å². The molecule has 0 radical (unpaired) electrons. The van der Waals surface area contributed by atoms with Crippen LogP contribution in [0, 0.1) is 29.1 Å². The molecule has 3 aromatic rings. The second-order valence-corrected chi connectivity index (χ2v) is 12.5. The SMILES string of the molecule is C#CC1(COc2nc(C(=O)NCC(C)(C)C)nc(N3CCC(COc4cc(-c5cn(C)cn5)cnc4N)CC3)n2)CC1. The van der Waals surface area contributed by atoms with Crippen LogP contribution < -0.4 is 25.4 Å². The van der Waals surface area contributed by atoms with Crippen molar-refractivity contribution in [1.82, 2.24) is 34.8 Å². The van der Waals surface area contributed by atoms with E-state index in [0.29, 0.717) is 56.3 Å². The summed E-state index contributed by atoms with van der Waals surface area (Å²) in [5.74, 6) is 4.09. The van der Waals surface area contributed by atoms with Crippen molar-refractivity contribution < 1.29 is 14.3 Å². The highest BCUT2D eigenvalue weighted by molar-refractivity contribution is 5.90. The van der Waals surface area contributed by atoms with Gasteiger partial charge >= 0.3 is 6.01 Å². The zero-order valence-electron chi connectivity index (χ0n) is 24.8. The van der Waals surface area contributed by atoms with Crippen LogP contribution in [-0.2, 0) is 7.05 Å². The van der Waals surface area contributed by atoms with Crippen molar-refractivity contribution in [1.29, 1.82) is 0 Å². The van der Waals surface area contributed by atoms with Crippen LogP contribution in [0.4, 0.5) is 11.8 Å². The van der Waals surface area contributed by atoms with Crippen LogP contribution in [0.2, 0.25) is 0 Å². The monoisotopic (exact) mass is 573 g/mol. The van der Waals surface area contributed by atoms with Gasteiger partial charge in [-0.2, -0.15) is 15.0 Å². The van der Waals surface area contributed by atoms with Crippen LogP contribution in [0.5, 0.6) is 11.8 Å². The van der Waals surface area contributed by atoms with Crippen LogP contribution in [-0.4, -0.2) is 68.2 Å². The first kappa shape index (κ1) is 29.1. The molecule has 0 bridgehead atoms. The number of anilines is 2. The summed E-state index contributed by atoms with van der Waals surface area (Å²) in [4.78, 5) is 37.1. The Labute approximate surface area is 246 Å². The number of nitrogens with one attached hydrogen (secondary N) is 1. The smallest absolute Gasteiger partial charge is 0.322 e. The number of carbonyl (C=O) groups is 1. The summed E-state index contributed by atoms with van der Waals surface area (Å²) in [6, 6.07) is 1.99. The molecule has 0 unspecified atom stereocenters. The second-order valence-electron chi connectivity index (χ2n) is 12.5. The minimum atomic E-state index is -0.362. The van der Waals surface area contributed by atoms with E-state index in [9.17, 15) is 4.79 Å². The Bertz CT molecular complexity index is 1460. The second kappa shape index (κ2) is 11.8. The molecule has 2 aliphatic rings. The number of nitrogens with two attached hydrogens (primary N) is 1. The molecule has 1 aliphatic heterocycles. The molecule has 42 heavy (non-hydrogen) atoms. The minimum absolute atomic E-state index is 0.0334. The first-order valence-electron chi connectivity index (χ1n) is 14.3. The average Bonchev–Trinajstić information content (AvgIpc) is 3.64. The lowest BCUT2D eigenvalue weighted by Crippen LogP contribution is -2.38. The van der Waals surface area contributed by atoms with E-state index in [1.807, 2.05) is 44.6 Å². The van der Waals surface area contributed by atoms with Gasteiger partial charge in [0.15, 0.2) is 11.6 Å². The summed E-state index contributed by atoms with van der Waals surface area (Å²) >= 11 is 0. The van der Waals surface area contributed by atoms with E-state index in [1.165, 1.54) is 0 Å².